The van der Waals surface area contributed by atoms with Crippen LogP contribution in [0.2, 0.25) is 0 Å². The number of Topliss-reactive ketones (excluding diaryl/α,β-unsaturated/α-hetero) is 1. The molecular formula is C21H17NO11S3. The van der Waals surface area contributed by atoms with Crippen LogP contribution in [0, 0.1) is 0 Å². The summed E-state index contributed by atoms with van der Waals surface area (Å²) in [7, 11) is -14.8. The molecule has 4 N–H and O–H groups in total. The second-order valence-electron chi connectivity index (χ2n) is 7.35. The van der Waals surface area contributed by atoms with Crippen LogP contribution in [-0.4, -0.2) is 50.6 Å². The summed E-state index contributed by atoms with van der Waals surface area (Å²) < 4.78 is 99.9. The highest BCUT2D eigenvalue weighted by Gasteiger charge is 2.25. The molecule has 12 nitrogen and oxygen atoms in total. The van der Waals surface area contributed by atoms with Crippen LogP contribution < -0.4 is 5.32 Å². The summed E-state index contributed by atoms with van der Waals surface area (Å²) in [6.07, 6.45) is 0. The molecule has 0 saturated carbocycles. The van der Waals surface area contributed by atoms with Gasteiger partial charge in [-0.2, -0.15) is 25.3 Å². The second-order valence-corrected chi connectivity index (χ2v) is 11.5. The van der Waals surface area contributed by atoms with Gasteiger partial charge < -0.3 is 5.32 Å². The fraction of sp³-hybridized carbons (Fsp3) is 0.0476. The third-order valence-corrected chi connectivity index (χ3v) is 7.58. The van der Waals surface area contributed by atoms with E-state index in [1.54, 1.807) is 0 Å². The van der Waals surface area contributed by atoms with E-state index in [0.717, 1.165) is 49.4 Å². The molecule has 0 heterocycles. The van der Waals surface area contributed by atoms with Crippen LogP contribution in [0.3, 0.4) is 0 Å². The molecule has 1 amide bonds. The summed E-state index contributed by atoms with van der Waals surface area (Å²) in [5, 5.41) is 2.21. The predicted octanol–water partition coefficient (Wildman–Crippen LogP) is 2.55. The van der Waals surface area contributed by atoms with Gasteiger partial charge in [0.2, 0.25) is 0 Å². The zero-order valence-corrected chi connectivity index (χ0v) is 20.6. The molecule has 0 aliphatic heterocycles. The Balaban J connectivity index is 2.13. The van der Waals surface area contributed by atoms with Gasteiger partial charge in [-0.05, 0) is 37.3 Å². The Kier molecular flexibility index (Phi) is 7.18. The van der Waals surface area contributed by atoms with E-state index in [1.807, 2.05) is 0 Å². The molecule has 0 fully saturated rings. The summed E-state index contributed by atoms with van der Waals surface area (Å²) in [5.74, 6) is -1.66. The Bertz CT molecular complexity index is 1730. The molecule has 0 bridgehead atoms. The molecule has 0 aliphatic rings. The van der Waals surface area contributed by atoms with Crippen LogP contribution in [0.25, 0.3) is 11.1 Å². The van der Waals surface area contributed by atoms with Crippen molar-refractivity contribution >= 4 is 47.7 Å². The van der Waals surface area contributed by atoms with E-state index in [1.165, 1.54) is 18.2 Å². The maximum atomic E-state index is 12.8. The molecule has 190 valence electrons. The van der Waals surface area contributed by atoms with Crippen LogP contribution in [0.5, 0.6) is 0 Å². The first-order valence-electron chi connectivity index (χ1n) is 9.62. The second kappa shape index (κ2) is 9.53. The molecule has 3 rings (SSSR count). The molecular weight excluding hydrogens is 538 g/mol. The third-order valence-electron chi connectivity index (χ3n) is 4.88. The highest BCUT2D eigenvalue weighted by Crippen LogP contribution is 2.34. The van der Waals surface area contributed by atoms with E-state index in [0.29, 0.717) is 0 Å². The number of rotatable bonds is 7. The monoisotopic (exact) mass is 555 g/mol. The number of ketones is 1. The molecule has 0 unspecified atom stereocenters. The minimum atomic E-state index is -5.01. The standard InChI is InChI=1S/C21H17NO11S3/c1-12(23)13-6-8-17(19(10-13)35(28,29)30)21(24)22-14-7-9-16(20(11-14)36(31,32)33)15-4-2-3-5-18(15)34(25,26)27/h2-11H,1H3,(H,22,24)(H,25,26,27)(H,28,29,30)(H,31,32,33). The van der Waals surface area contributed by atoms with Gasteiger partial charge >= 0.3 is 0 Å². The lowest BCUT2D eigenvalue weighted by Gasteiger charge is -2.14. The third kappa shape index (κ3) is 5.84. The highest BCUT2D eigenvalue weighted by atomic mass is 32.2. The Morgan fingerprint density at radius 3 is 1.78 bits per heavy atom. The number of carbonyl (C=O) groups is 2. The van der Waals surface area contributed by atoms with Crippen LogP contribution >= 0.6 is 0 Å². The normalized spacial score (nSPS) is 12.2. The quantitative estimate of drug-likeness (QED) is 0.246. The van der Waals surface area contributed by atoms with Crippen molar-refractivity contribution in [3.05, 3.63) is 71.8 Å². The molecule has 0 saturated heterocycles. The van der Waals surface area contributed by atoms with Crippen molar-refractivity contribution in [2.24, 2.45) is 0 Å². The Morgan fingerprint density at radius 2 is 1.22 bits per heavy atom. The van der Waals surface area contributed by atoms with E-state index in [4.69, 9.17) is 0 Å². The average Bonchev–Trinajstić information content (AvgIpc) is 2.77. The Labute approximate surface area is 205 Å². The van der Waals surface area contributed by atoms with Gasteiger partial charge in [-0.25, -0.2) is 0 Å². The van der Waals surface area contributed by atoms with Gasteiger partial charge in [0.15, 0.2) is 5.78 Å². The Hall–Kier alpha value is -3.47. The molecule has 3 aromatic rings. The molecule has 0 atom stereocenters. The van der Waals surface area contributed by atoms with E-state index in [9.17, 15) is 48.5 Å². The summed E-state index contributed by atoms with van der Waals surface area (Å²) in [6, 6.07) is 10.7. The van der Waals surface area contributed by atoms with Gasteiger partial charge in [0, 0.05) is 22.4 Å². The van der Waals surface area contributed by atoms with Gasteiger partial charge in [0.05, 0.1) is 5.56 Å². The fourth-order valence-electron chi connectivity index (χ4n) is 3.29. The van der Waals surface area contributed by atoms with Crippen molar-refractivity contribution in [3.63, 3.8) is 0 Å². The molecule has 0 aliphatic carbocycles. The predicted molar refractivity (Wildman–Crippen MR) is 126 cm³/mol. The number of hydrogen-bond donors (Lipinski definition) is 4. The number of hydrogen-bond acceptors (Lipinski definition) is 8. The SMILES string of the molecule is CC(=O)c1ccc(C(=O)Nc2ccc(-c3ccccc3S(=O)(=O)O)c(S(=O)(=O)O)c2)c(S(=O)(=O)O)c1. The average molecular weight is 556 g/mol. The number of anilines is 1. The van der Waals surface area contributed by atoms with Crippen molar-refractivity contribution in [3.8, 4) is 11.1 Å². The van der Waals surface area contributed by atoms with Gasteiger partial charge in [-0.3, -0.25) is 23.2 Å². The first-order valence-corrected chi connectivity index (χ1v) is 13.9. The lowest BCUT2D eigenvalue weighted by molar-refractivity contribution is 0.100. The first kappa shape index (κ1) is 27.1. The van der Waals surface area contributed by atoms with Gasteiger partial charge in [0.1, 0.15) is 14.7 Å². The molecule has 0 spiro atoms. The number of amides is 1. The molecule has 3 aromatic carbocycles. The maximum absolute atomic E-state index is 12.8. The lowest BCUT2D eigenvalue weighted by Crippen LogP contribution is -2.17. The zero-order chi connectivity index (χ0) is 27.1. The van der Waals surface area contributed by atoms with E-state index in [2.05, 4.69) is 5.32 Å². The van der Waals surface area contributed by atoms with Crippen molar-refractivity contribution in [1.82, 2.24) is 0 Å². The van der Waals surface area contributed by atoms with Crippen molar-refractivity contribution in [2.45, 2.75) is 21.6 Å². The summed E-state index contributed by atoms with van der Waals surface area (Å²) in [5.41, 5.74) is -1.53. The van der Waals surface area contributed by atoms with Crippen LogP contribution in [0.1, 0.15) is 27.6 Å². The number of benzene rings is 3. The van der Waals surface area contributed by atoms with Crippen molar-refractivity contribution in [2.75, 3.05) is 5.32 Å². The van der Waals surface area contributed by atoms with Crippen molar-refractivity contribution in [1.29, 1.82) is 0 Å². The smallest absolute Gasteiger partial charge is 0.295 e. The lowest BCUT2D eigenvalue weighted by atomic mass is 10.0. The zero-order valence-electron chi connectivity index (χ0n) is 18.1. The Morgan fingerprint density at radius 1 is 0.667 bits per heavy atom. The summed E-state index contributed by atoms with van der Waals surface area (Å²) in [4.78, 5) is 22.0. The van der Waals surface area contributed by atoms with Gasteiger partial charge in [-0.1, -0.05) is 30.3 Å². The van der Waals surface area contributed by atoms with Crippen LogP contribution in [0.15, 0.2) is 75.4 Å². The van der Waals surface area contributed by atoms with Gasteiger partial charge in [0.25, 0.3) is 36.3 Å². The van der Waals surface area contributed by atoms with Crippen molar-refractivity contribution < 1.29 is 48.5 Å². The summed E-state index contributed by atoms with van der Waals surface area (Å²) >= 11 is 0. The molecule has 15 heteroatoms. The van der Waals surface area contributed by atoms with Gasteiger partial charge in [-0.15, -0.1) is 0 Å². The number of nitrogens with one attached hydrogen (secondary N) is 1. The fourth-order valence-corrected chi connectivity index (χ4v) is 5.44. The topological polar surface area (TPSA) is 209 Å². The van der Waals surface area contributed by atoms with E-state index in [-0.39, 0.29) is 22.4 Å². The first-order chi connectivity index (χ1) is 16.5. The largest absolute Gasteiger partial charge is 0.322 e. The minimum absolute atomic E-state index is 0.102. The molecule has 0 radical (unpaired) electrons. The highest BCUT2D eigenvalue weighted by molar-refractivity contribution is 7.86. The van der Waals surface area contributed by atoms with Crippen LogP contribution in [0.4, 0.5) is 5.69 Å². The maximum Gasteiger partial charge on any atom is 0.295 e. The molecule has 0 aromatic heterocycles. The minimum Gasteiger partial charge on any atom is -0.322 e. The van der Waals surface area contributed by atoms with E-state index >= 15 is 0 Å². The van der Waals surface area contributed by atoms with E-state index < -0.39 is 62.3 Å². The molecule has 36 heavy (non-hydrogen) atoms. The summed E-state index contributed by atoms with van der Waals surface area (Å²) in [6.45, 7) is 1.14. The van der Waals surface area contributed by atoms with Crippen LogP contribution in [-0.2, 0) is 30.4 Å². The number of carbonyl (C=O) groups excluding carboxylic acids is 2.